The van der Waals surface area contributed by atoms with Gasteiger partial charge in [0.25, 0.3) is 0 Å². The molecule has 1 aliphatic heterocycles. The Hall–Kier alpha value is -1.42. The molecule has 1 fully saturated rings. The van der Waals surface area contributed by atoms with Crippen LogP contribution in [0, 0.1) is 25.7 Å². The summed E-state index contributed by atoms with van der Waals surface area (Å²) in [4.78, 5) is 16.4. The number of aromatic nitrogens is 1. The smallest absolute Gasteiger partial charge is 0.230 e. The Kier molecular flexibility index (Phi) is 3.43. The summed E-state index contributed by atoms with van der Waals surface area (Å²) in [6.07, 6.45) is 0. The number of hydrogen-bond donors (Lipinski definition) is 2. The maximum absolute atomic E-state index is 12.1. The van der Waals surface area contributed by atoms with Crippen molar-refractivity contribution in [1.29, 1.82) is 0 Å². The first-order valence-corrected chi connectivity index (χ1v) is 6.03. The lowest BCUT2D eigenvalue weighted by Gasteiger charge is -2.14. The lowest BCUT2D eigenvalue weighted by molar-refractivity contribution is -0.120. The van der Waals surface area contributed by atoms with Crippen molar-refractivity contribution < 1.29 is 4.79 Å². The van der Waals surface area contributed by atoms with E-state index in [1.165, 1.54) is 0 Å². The number of anilines is 1. The molecule has 17 heavy (non-hydrogen) atoms. The minimum Gasteiger partial charge on any atom is -0.316 e. The van der Waals surface area contributed by atoms with E-state index in [1.807, 2.05) is 26.0 Å². The summed E-state index contributed by atoms with van der Waals surface area (Å²) >= 11 is 0. The summed E-state index contributed by atoms with van der Waals surface area (Å²) in [6.45, 7) is 7.71. The van der Waals surface area contributed by atoms with E-state index in [2.05, 4.69) is 22.5 Å². The Balaban J connectivity index is 2.07. The molecule has 2 N–H and O–H groups in total. The number of carbonyl (C=O) groups excluding carboxylic acids is 1. The van der Waals surface area contributed by atoms with Crippen molar-refractivity contribution in [3.63, 3.8) is 0 Å². The highest BCUT2D eigenvalue weighted by Gasteiger charge is 2.29. The van der Waals surface area contributed by atoms with Gasteiger partial charge >= 0.3 is 0 Å². The number of nitrogens with zero attached hydrogens (tertiary/aromatic N) is 1. The minimum atomic E-state index is 0.0534. The molecule has 1 aliphatic rings. The van der Waals surface area contributed by atoms with Crippen molar-refractivity contribution in [3.8, 4) is 0 Å². The van der Waals surface area contributed by atoms with Crippen LogP contribution < -0.4 is 10.6 Å². The number of carbonyl (C=O) groups is 1. The topological polar surface area (TPSA) is 54.0 Å². The van der Waals surface area contributed by atoms with Crippen LogP contribution in [0.2, 0.25) is 0 Å². The van der Waals surface area contributed by atoms with E-state index >= 15 is 0 Å². The monoisotopic (exact) mass is 233 g/mol. The van der Waals surface area contributed by atoms with Crippen LogP contribution in [0.15, 0.2) is 12.1 Å². The molecule has 2 atom stereocenters. The van der Waals surface area contributed by atoms with Crippen LogP contribution in [0.3, 0.4) is 0 Å². The van der Waals surface area contributed by atoms with Gasteiger partial charge in [0.2, 0.25) is 5.91 Å². The zero-order valence-corrected chi connectivity index (χ0v) is 10.6. The summed E-state index contributed by atoms with van der Waals surface area (Å²) in [5.41, 5.74) is 2.04. The van der Waals surface area contributed by atoms with Gasteiger partial charge in [-0.3, -0.25) is 4.79 Å². The number of amides is 1. The fourth-order valence-electron chi connectivity index (χ4n) is 2.29. The van der Waals surface area contributed by atoms with Gasteiger partial charge in [0.15, 0.2) is 0 Å². The summed E-state index contributed by atoms with van der Waals surface area (Å²) in [5.74, 6) is 1.17. The van der Waals surface area contributed by atoms with Crippen LogP contribution >= 0.6 is 0 Å². The number of hydrogen-bond acceptors (Lipinski definition) is 3. The Bertz CT molecular complexity index is 410. The van der Waals surface area contributed by atoms with Gasteiger partial charge in [-0.2, -0.15) is 0 Å². The highest BCUT2D eigenvalue weighted by atomic mass is 16.2. The minimum absolute atomic E-state index is 0.0534. The molecule has 0 aliphatic carbocycles. The fraction of sp³-hybridized carbons (Fsp3) is 0.538. The van der Waals surface area contributed by atoms with Crippen molar-refractivity contribution >= 4 is 11.7 Å². The van der Waals surface area contributed by atoms with Gasteiger partial charge < -0.3 is 10.6 Å². The third-order valence-corrected chi connectivity index (χ3v) is 3.20. The molecule has 1 aromatic heterocycles. The lowest BCUT2D eigenvalue weighted by atomic mass is 9.97. The Morgan fingerprint density at radius 3 is 2.76 bits per heavy atom. The quantitative estimate of drug-likeness (QED) is 0.813. The number of rotatable bonds is 2. The van der Waals surface area contributed by atoms with Gasteiger partial charge in [0, 0.05) is 12.2 Å². The standard InChI is InChI=1S/C13H19N3O/c1-8-4-10(3)15-12(5-8)16-13(17)11-7-14-6-9(11)2/h4-5,9,11,14H,6-7H2,1-3H3,(H,15,16,17). The molecule has 2 unspecified atom stereocenters. The van der Waals surface area contributed by atoms with Gasteiger partial charge in [0.05, 0.1) is 5.92 Å². The summed E-state index contributed by atoms with van der Waals surface area (Å²) in [6, 6.07) is 3.90. The summed E-state index contributed by atoms with van der Waals surface area (Å²) in [5, 5.41) is 6.14. The van der Waals surface area contributed by atoms with Crippen LogP contribution in [0.1, 0.15) is 18.2 Å². The number of pyridine rings is 1. The first-order chi connectivity index (χ1) is 8.06. The van der Waals surface area contributed by atoms with E-state index in [0.717, 1.165) is 24.3 Å². The highest BCUT2D eigenvalue weighted by Crippen LogP contribution is 2.18. The maximum Gasteiger partial charge on any atom is 0.230 e. The largest absolute Gasteiger partial charge is 0.316 e. The second kappa shape index (κ2) is 4.84. The molecule has 2 heterocycles. The molecule has 0 bridgehead atoms. The van der Waals surface area contributed by atoms with E-state index in [4.69, 9.17) is 0 Å². The van der Waals surface area contributed by atoms with Gasteiger partial charge in [-0.15, -0.1) is 0 Å². The molecule has 2 rings (SSSR count). The van der Waals surface area contributed by atoms with E-state index < -0.39 is 0 Å². The molecule has 1 aromatic rings. The van der Waals surface area contributed by atoms with Gasteiger partial charge in [-0.25, -0.2) is 4.98 Å². The maximum atomic E-state index is 12.1. The first-order valence-electron chi connectivity index (χ1n) is 6.03. The zero-order valence-electron chi connectivity index (χ0n) is 10.6. The summed E-state index contributed by atoms with van der Waals surface area (Å²) in [7, 11) is 0. The molecule has 1 saturated heterocycles. The van der Waals surface area contributed by atoms with E-state index in [1.54, 1.807) is 0 Å². The highest BCUT2D eigenvalue weighted by molar-refractivity contribution is 5.92. The predicted molar refractivity (Wildman–Crippen MR) is 67.9 cm³/mol. The molecule has 4 nitrogen and oxygen atoms in total. The molecule has 4 heteroatoms. The molecular weight excluding hydrogens is 214 g/mol. The molecule has 1 amide bonds. The molecule has 0 radical (unpaired) electrons. The Morgan fingerprint density at radius 1 is 1.41 bits per heavy atom. The van der Waals surface area contributed by atoms with Gasteiger partial charge in [-0.05, 0) is 44.0 Å². The SMILES string of the molecule is Cc1cc(C)nc(NC(=O)C2CNCC2C)c1. The summed E-state index contributed by atoms with van der Waals surface area (Å²) < 4.78 is 0. The van der Waals surface area contributed by atoms with Gasteiger partial charge in [0.1, 0.15) is 5.82 Å². The average Bonchev–Trinajstić information content (AvgIpc) is 2.62. The van der Waals surface area contributed by atoms with Crippen LogP contribution in [0.5, 0.6) is 0 Å². The second-order valence-electron chi connectivity index (χ2n) is 4.90. The third-order valence-electron chi connectivity index (χ3n) is 3.20. The lowest BCUT2D eigenvalue weighted by Crippen LogP contribution is -2.28. The van der Waals surface area contributed by atoms with E-state index in [9.17, 15) is 4.79 Å². The Morgan fingerprint density at radius 2 is 2.18 bits per heavy atom. The Labute approximate surface area is 102 Å². The van der Waals surface area contributed by atoms with Crippen LogP contribution in [0.25, 0.3) is 0 Å². The first kappa shape index (κ1) is 12.0. The van der Waals surface area contributed by atoms with Crippen LogP contribution in [0.4, 0.5) is 5.82 Å². The molecular formula is C13H19N3O. The van der Waals surface area contributed by atoms with E-state index in [-0.39, 0.29) is 11.8 Å². The molecule has 0 saturated carbocycles. The van der Waals surface area contributed by atoms with Crippen molar-refractivity contribution in [2.45, 2.75) is 20.8 Å². The van der Waals surface area contributed by atoms with E-state index in [0.29, 0.717) is 11.7 Å². The van der Waals surface area contributed by atoms with Crippen LogP contribution in [-0.4, -0.2) is 24.0 Å². The van der Waals surface area contributed by atoms with Crippen molar-refractivity contribution in [1.82, 2.24) is 10.3 Å². The second-order valence-corrected chi connectivity index (χ2v) is 4.90. The van der Waals surface area contributed by atoms with Crippen molar-refractivity contribution in [2.24, 2.45) is 11.8 Å². The predicted octanol–water partition coefficient (Wildman–Crippen LogP) is 1.49. The average molecular weight is 233 g/mol. The number of nitrogens with one attached hydrogen (secondary N) is 2. The van der Waals surface area contributed by atoms with Crippen molar-refractivity contribution in [3.05, 3.63) is 23.4 Å². The molecule has 92 valence electrons. The zero-order chi connectivity index (χ0) is 12.4. The van der Waals surface area contributed by atoms with Gasteiger partial charge in [-0.1, -0.05) is 6.92 Å². The molecule has 0 spiro atoms. The van der Waals surface area contributed by atoms with Crippen molar-refractivity contribution in [2.75, 3.05) is 18.4 Å². The number of aryl methyl sites for hydroxylation is 2. The molecule has 0 aromatic carbocycles. The normalized spacial score (nSPS) is 23.7. The van der Waals surface area contributed by atoms with Crippen LogP contribution in [-0.2, 0) is 4.79 Å². The fourth-order valence-corrected chi connectivity index (χ4v) is 2.29. The third kappa shape index (κ3) is 2.82.